The van der Waals surface area contributed by atoms with Gasteiger partial charge in [-0.2, -0.15) is 0 Å². The molecular formula is C25H38O7. The van der Waals surface area contributed by atoms with Gasteiger partial charge < -0.3 is 25.5 Å². The van der Waals surface area contributed by atoms with Crippen molar-refractivity contribution in [2.75, 3.05) is 0 Å². The van der Waals surface area contributed by atoms with Crippen LogP contribution in [-0.4, -0.2) is 67.1 Å². The van der Waals surface area contributed by atoms with Gasteiger partial charge in [-0.25, -0.2) is 0 Å². The monoisotopic (exact) mass is 450 g/mol. The molecule has 5 N–H and O–H groups in total. The molecule has 0 radical (unpaired) electrons. The van der Waals surface area contributed by atoms with Gasteiger partial charge in [0.05, 0.1) is 24.4 Å². The fourth-order valence-electron chi connectivity index (χ4n) is 7.44. The summed E-state index contributed by atoms with van der Waals surface area (Å²) in [5.74, 6) is -3.96. The first-order valence-corrected chi connectivity index (χ1v) is 12.2. The highest BCUT2D eigenvalue weighted by Gasteiger charge is 2.66. The molecule has 12 atom stereocenters. The van der Waals surface area contributed by atoms with Crippen molar-refractivity contribution in [2.45, 2.75) is 82.9 Å². The smallest absolute Gasteiger partial charge is 0.180 e. The molecule has 0 spiro atoms. The maximum atomic E-state index is 13.1. The van der Waals surface area contributed by atoms with Crippen molar-refractivity contribution in [3.63, 3.8) is 0 Å². The Hall–Kier alpha value is -1.12. The van der Waals surface area contributed by atoms with E-state index in [1.165, 1.54) is 6.92 Å². The van der Waals surface area contributed by atoms with Gasteiger partial charge in [-0.1, -0.05) is 32.4 Å². The molecule has 7 heteroatoms. The van der Waals surface area contributed by atoms with E-state index in [1.807, 2.05) is 0 Å². The van der Waals surface area contributed by atoms with Crippen LogP contribution >= 0.6 is 0 Å². The van der Waals surface area contributed by atoms with Crippen LogP contribution in [-0.2, 0) is 9.59 Å². The Labute approximate surface area is 189 Å². The van der Waals surface area contributed by atoms with Crippen LogP contribution in [0.25, 0.3) is 0 Å². The zero-order valence-corrected chi connectivity index (χ0v) is 19.2. The predicted molar refractivity (Wildman–Crippen MR) is 116 cm³/mol. The third-order valence-corrected chi connectivity index (χ3v) is 9.03. The maximum absolute atomic E-state index is 13.1. The highest BCUT2D eigenvalue weighted by molar-refractivity contribution is 6.07. The summed E-state index contributed by atoms with van der Waals surface area (Å²) in [6, 6.07) is 0. The maximum Gasteiger partial charge on any atom is 0.180 e. The van der Waals surface area contributed by atoms with Crippen molar-refractivity contribution in [3.8, 4) is 0 Å². The van der Waals surface area contributed by atoms with Gasteiger partial charge >= 0.3 is 0 Å². The Kier molecular flexibility index (Phi) is 6.44. The van der Waals surface area contributed by atoms with Gasteiger partial charge in [0.1, 0.15) is 11.7 Å². The highest BCUT2D eigenvalue weighted by atomic mass is 16.4. The first kappa shape index (κ1) is 24.0. The molecule has 0 heterocycles. The highest BCUT2D eigenvalue weighted by Crippen LogP contribution is 2.57. The Balaban J connectivity index is 1.64. The molecule has 0 aliphatic heterocycles. The Morgan fingerprint density at radius 1 is 1.09 bits per heavy atom. The van der Waals surface area contributed by atoms with Crippen LogP contribution in [0.15, 0.2) is 12.2 Å². The fourth-order valence-corrected chi connectivity index (χ4v) is 7.44. The molecule has 4 rings (SSSR count). The molecule has 32 heavy (non-hydrogen) atoms. The number of aliphatic hydroxyl groups is 5. The van der Waals surface area contributed by atoms with Gasteiger partial charge in [-0.05, 0) is 56.3 Å². The Morgan fingerprint density at radius 3 is 2.41 bits per heavy atom. The normalized spacial score (nSPS) is 50.5. The van der Waals surface area contributed by atoms with E-state index >= 15 is 0 Å². The summed E-state index contributed by atoms with van der Waals surface area (Å²) in [6.07, 6.45) is 2.29. The van der Waals surface area contributed by atoms with E-state index in [1.54, 1.807) is 6.08 Å². The molecule has 9 unspecified atom stereocenters. The van der Waals surface area contributed by atoms with Crippen molar-refractivity contribution in [3.05, 3.63) is 12.2 Å². The molecular weight excluding hydrogens is 412 g/mol. The minimum absolute atomic E-state index is 0.0533. The zero-order valence-electron chi connectivity index (χ0n) is 19.2. The van der Waals surface area contributed by atoms with Gasteiger partial charge in [-0.3, -0.25) is 9.59 Å². The van der Waals surface area contributed by atoms with Gasteiger partial charge in [-0.15, -0.1) is 0 Å². The van der Waals surface area contributed by atoms with E-state index in [4.69, 9.17) is 0 Å². The molecule has 3 fully saturated rings. The van der Waals surface area contributed by atoms with Crippen LogP contribution < -0.4 is 0 Å². The molecule has 0 saturated heterocycles. The predicted octanol–water partition coefficient (Wildman–Crippen LogP) is 0.850. The number of carbonyl (C=O) groups excluding carboxylic acids is 2. The molecule has 4 aliphatic carbocycles. The molecule has 0 aromatic heterocycles. The molecule has 0 aromatic carbocycles. The first-order valence-electron chi connectivity index (χ1n) is 12.2. The SMILES string of the molecule is CC(=O)C1C(=O)[C@@]2(O)C(O)C3C(O)C4C(O)C=CC(CCC(C)C)C4C[C@H]3C[C@H]2CC1O. The van der Waals surface area contributed by atoms with E-state index < -0.39 is 65.3 Å². The number of rotatable bonds is 4. The third-order valence-electron chi connectivity index (χ3n) is 9.03. The quantitative estimate of drug-likeness (QED) is 0.316. The van der Waals surface area contributed by atoms with Crippen LogP contribution in [0.2, 0.25) is 0 Å². The second-order valence-corrected chi connectivity index (χ2v) is 11.3. The van der Waals surface area contributed by atoms with E-state index in [-0.39, 0.29) is 24.2 Å². The zero-order chi connectivity index (χ0) is 23.5. The molecule has 0 amide bonds. The standard InChI is InChI=1S/C25H38O7/c1-11(2)4-5-13-6-7-17(27)21-16(13)9-14-8-15-10-18(28)19(12(3)26)23(30)25(15,32)24(31)20(14)22(21)29/h6-7,11,13-22,24,27-29,31-32H,4-5,8-10H2,1-3H3/t13?,14-,15+,16?,17?,18?,19?,20?,21?,22?,24?,25-/m1/s1. The van der Waals surface area contributed by atoms with Crippen molar-refractivity contribution < 1.29 is 35.1 Å². The minimum Gasteiger partial charge on any atom is -0.392 e. The minimum atomic E-state index is -2.17. The first-order chi connectivity index (χ1) is 15.0. The summed E-state index contributed by atoms with van der Waals surface area (Å²) in [7, 11) is 0. The van der Waals surface area contributed by atoms with E-state index in [0.717, 1.165) is 12.8 Å². The number of aliphatic hydroxyl groups excluding tert-OH is 4. The topological polar surface area (TPSA) is 135 Å². The fraction of sp³-hybridized carbons (Fsp3) is 0.840. The number of carbonyl (C=O) groups is 2. The summed E-state index contributed by atoms with van der Waals surface area (Å²) in [5.41, 5.74) is -2.17. The second-order valence-electron chi connectivity index (χ2n) is 11.3. The number of ketones is 2. The molecule has 0 aromatic rings. The molecule has 7 nitrogen and oxygen atoms in total. The summed E-state index contributed by atoms with van der Waals surface area (Å²) in [6.45, 7) is 5.54. The number of allylic oxidation sites excluding steroid dienone is 1. The van der Waals surface area contributed by atoms with Crippen molar-refractivity contribution in [1.29, 1.82) is 0 Å². The van der Waals surface area contributed by atoms with Crippen LogP contribution in [0.1, 0.15) is 52.9 Å². The Bertz CT molecular complexity index is 778. The molecule has 0 bridgehead atoms. The number of Topliss-reactive ketones (excluding diaryl/α,β-unsaturated/α-hetero) is 2. The lowest BCUT2D eigenvalue weighted by molar-refractivity contribution is -0.236. The Morgan fingerprint density at radius 2 is 1.78 bits per heavy atom. The largest absolute Gasteiger partial charge is 0.392 e. The number of hydrogen-bond donors (Lipinski definition) is 5. The van der Waals surface area contributed by atoms with E-state index in [9.17, 15) is 35.1 Å². The van der Waals surface area contributed by atoms with Crippen LogP contribution in [0.4, 0.5) is 0 Å². The summed E-state index contributed by atoms with van der Waals surface area (Å²) >= 11 is 0. The average Bonchev–Trinajstić information content (AvgIpc) is 2.69. The lowest BCUT2D eigenvalue weighted by atomic mass is 9.48. The second kappa shape index (κ2) is 8.58. The molecule has 180 valence electrons. The van der Waals surface area contributed by atoms with Crippen molar-refractivity contribution in [2.24, 2.45) is 47.3 Å². The van der Waals surface area contributed by atoms with Crippen molar-refractivity contribution >= 4 is 11.6 Å². The van der Waals surface area contributed by atoms with Crippen LogP contribution in [0.5, 0.6) is 0 Å². The van der Waals surface area contributed by atoms with Gasteiger partial charge in [0.25, 0.3) is 0 Å². The van der Waals surface area contributed by atoms with Crippen LogP contribution in [0.3, 0.4) is 0 Å². The summed E-state index contributed by atoms with van der Waals surface area (Å²) in [5, 5.41) is 55.2. The average molecular weight is 451 g/mol. The van der Waals surface area contributed by atoms with E-state index in [2.05, 4.69) is 19.9 Å². The van der Waals surface area contributed by atoms with Crippen molar-refractivity contribution in [1.82, 2.24) is 0 Å². The lowest BCUT2D eigenvalue weighted by Crippen LogP contribution is -2.71. The number of fused-ring (bicyclic) bond motifs is 3. The van der Waals surface area contributed by atoms with E-state index in [0.29, 0.717) is 18.8 Å². The lowest BCUT2D eigenvalue weighted by Gasteiger charge is -2.59. The summed E-state index contributed by atoms with van der Waals surface area (Å²) in [4.78, 5) is 25.1. The van der Waals surface area contributed by atoms with Gasteiger partial charge in [0.15, 0.2) is 11.4 Å². The third kappa shape index (κ3) is 3.61. The molecule has 4 aliphatic rings. The molecule has 3 saturated carbocycles. The van der Waals surface area contributed by atoms with Gasteiger partial charge in [0, 0.05) is 17.8 Å². The van der Waals surface area contributed by atoms with Crippen LogP contribution in [0, 0.1) is 47.3 Å². The van der Waals surface area contributed by atoms with Gasteiger partial charge in [0.2, 0.25) is 0 Å². The summed E-state index contributed by atoms with van der Waals surface area (Å²) < 4.78 is 0. The number of hydrogen-bond acceptors (Lipinski definition) is 7.